The molecule has 0 radical (unpaired) electrons. The van der Waals surface area contributed by atoms with Crippen molar-refractivity contribution in [1.29, 1.82) is 0 Å². The molecular formula is C17H32O3Si2. The second kappa shape index (κ2) is 8.98. The maximum Gasteiger partial charge on any atom is 0.339 e. The van der Waals surface area contributed by atoms with Gasteiger partial charge in [0.05, 0.1) is 0 Å². The molecule has 0 atom stereocenters. The van der Waals surface area contributed by atoms with E-state index in [9.17, 15) is 0 Å². The first-order valence-corrected chi connectivity index (χ1v) is 14.0. The Morgan fingerprint density at radius 2 is 1.09 bits per heavy atom. The predicted octanol–water partition coefficient (Wildman–Crippen LogP) is 4.24. The summed E-state index contributed by atoms with van der Waals surface area (Å²) >= 11 is 0. The van der Waals surface area contributed by atoms with Gasteiger partial charge in [0.2, 0.25) is 0 Å². The molecule has 0 saturated carbocycles. The molecule has 1 aromatic carbocycles. The average molecular weight is 341 g/mol. The Labute approximate surface area is 138 Å². The van der Waals surface area contributed by atoms with Crippen LogP contribution in [0.4, 0.5) is 0 Å². The van der Waals surface area contributed by atoms with E-state index in [2.05, 4.69) is 50.8 Å². The summed E-state index contributed by atoms with van der Waals surface area (Å²) in [5, 5.41) is 0. The van der Waals surface area contributed by atoms with Crippen LogP contribution in [0.15, 0.2) is 24.3 Å². The third-order valence-corrected chi connectivity index (χ3v) is 8.79. The maximum atomic E-state index is 5.92. The molecule has 0 unspecified atom stereocenters. The minimum Gasteiger partial charge on any atom is -0.417 e. The minimum atomic E-state index is -2.08. The van der Waals surface area contributed by atoms with Gasteiger partial charge >= 0.3 is 8.56 Å². The molecule has 0 amide bonds. The summed E-state index contributed by atoms with van der Waals surface area (Å²) in [4.78, 5) is 0. The Morgan fingerprint density at radius 3 is 1.50 bits per heavy atom. The molecule has 0 fully saturated rings. The fourth-order valence-corrected chi connectivity index (χ4v) is 7.42. The topological polar surface area (TPSA) is 27.7 Å². The molecule has 0 aliphatic rings. The molecule has 0 N–H and O–H groups in total. The quantitative estimate of drug-likeness (QED) is 0.596. The summed E-state index contributed by atoms with van der Waals surface area (Å²) in [5.41, 5.74) is 2.67. The largest absolute Gasteiger partial charge is 0.417 e. The monoisotopic (exact) mass is 340 g/mol. The molecule has 0 heterocycles. The zero-order valence-corrected chi connectivity index (χ0v) is 17.1. The number of rotatable bonds is 10. The molecule has 0 bridgehead atoms. The van der Waals surface area contributed by atoms with Crippen molar-refractivity contribution in [2.75, 3.05) is 19.8 Å². The summed E-state index contributed by atoms with van der Waals surface area (Å²) in [7, 11) is -3.66. The van der Waals surface area contributed by atoms with Crippen LogP contribution in [0, 0.1) is 0 Å². The second-order valence-electron chi connectivity index (χ2n) is 6.36. The number of benzene rings is 1. The van der Waals surface area contributed by atoms with Crippen LogP contribution in [0.25, 0.3) is 0 Å². The molecule has 0 saturated heterocycles. The van der Waals surface area contributed by atoms with Crippen LogP contribution in [-0.4, -0.2) is 36.7 Å². The summed E-state index contributed by atoms with van der Waals surface area (Å²) in [5.74, 6) is 0. The zero-order chi connectivity index (χ0) is 16.6. The summed E-state index contributed by atoms with van der Waals surface area (Å²) in [6, 6.07) is 10.9. The van der Waals surface area contributed by atoms with Crippen molar-refractivity contribution in [3.63, 3.8) is 0 Å². The summed E-state index contributed by atoms with van der Waals surface area (Å²) in [6.07, 6.45) is 0. The van der Waals surface area contributed by atoms with Crippen LogP contribution in [0.2, 0.25) is 19.6 Å². The highest BCUT2D eigenvalue weighted by molar-refractivity contribution is 6.70. The fraction of sp³-hybridized carbons (Fsp3) is 0.647. The number of hydrogen-bond donors (Lipinski definition) is 0. The minimum absolute atomic E-state index is 0.717. The van der Waals surface area contributed by atoms with Gasteiger partial charge in [-0.3, -0.25) is 0 Å². The van der Waals surface area contributed by atoms with Gasteiger partial charge in [0.1, 0.15) is 0 Å². The molecule has 1 rings (SSSR count). The van der Waals surface area contributed by atoms with Gasteiger partial charge in [-0.25, -0.2) is 0 Å². The standard InChI is InChI=1S/C17H32O3Si2/c1-7-18-21(4,5)14-16-10-12-17(13-11-16)15-22(6,19-8-2)20-9-3/h10-13H,7-9,14-15H2,1-6H3. The van der Waals surface area contributed by atoms with Gasteiger partial charge in [-0.15, -0.1) is 0 Å². The van der Waals surface area contributed by atoms with E-state index in [0.29, 0.717) is 0 Å². The lowest BCUT2D eigenvalue weighted by Gasteiger charge is -2.26. The highest BCUT2D eigenvalue weighted by Gasteiger charge is 2.31. The predicted molar refractivity (Wildman–Crippen MR) is 97.8 cm³/mol. The molecule has 126 valence electrons. The molecule has 0 spiro atoms. The highest BCUT2D eigenvalue weighted by atomic mass is 28.4. The average Bonchev–Trinajstić information content (AvgIpc) is 2.41. The van der Waals surface area contributed by atoms with E-state index in [1.807, 2.05) is 13.8 Å². The normalized spacial score (nSPS) is 12.6. The van der Waals surface area contributed by atoms with Crippen molar-refractivity contribution in [3.8, 4) is 0 Å². The van der Waals surface area contributed by atoms with Crippen molar-refractivity contribution in [1.82, 2.24) is 0 Å². The van der Waals surface area contributed by atoms with Crippen LogP contribution in [0.3, 0.4) is 0 Å². The van der Waals surface area contributed by atoms with E-state index in [-0.39, 0.29) is 0 Å². The summed E-state index contributed by atoms with van der Waals surface area (Å²) in [6.45, 7) is 15.1. The van der Waals surface area contributed by atoms with Gasteiger partial charge < -0.3 is 13.3 Å². The Kier molecular flexibility index (Phi) is 7.99. The van der Waals surface area contributed by atoms with Crippen LogP contribution in [0.5, 0.6) is 0 Å². The molecule has 0 aromatic heterocycles. The molecule has 3 nitrogen and oxygen atoms in total. The Hall–Kier alpha value is -0.466. The van der Waals surface area contributed by atoms with Crippen molar-refractivity contribution in [2.24, 2.45) is 0 Å². The molecule has 0 aliphatic heterocycles. The van der Waals surface area contributed by atoms with Crippen LogP contribution >= 0.6 is 0 Å². The van der Waals surface area contributed by atoms with Crippen molar-refractivity contribution in [2.45, 2.75) is 52.5 Å². The van der Waals surface area contributed by atoms with Crippen LogP contribution < -0.4 is 0 Å². The van der Waals surface area contributed by atoms with Crippen molar-refractivity contribution >= 4 is 16.9 Å². The Balaban J connectivity index is 2.71. The molecule has 1 aromatic rings. The van der Waals surface area contributed by atoms with Crippen LogP contribution in [0.1, 0.15) is 31.9 Å². The van der Waals surface area contributed by atoms with E-state index in [1.54, 1.807) is 0 Å². The highest BCUT2D eigenvalue weighted by Crippen LogP contribution is 2.18. The van der Waals surface area contributed by atoms with E-state index in [0.717, 1.165) is 31.9 Å². The third kappa shape index (κ3) is 6.75. The molecule has 5 heteroatoms. The number of hydrogen-bond acceptors (Lipinski definition) is 3. The molecule has 22 heavy (non-hydrogen) atoms. The first-order valence-electron chi connectivity index (χ1n) is 8.34. The zero-order valence-electron chi connectivity index (χ0n) is 15.1. The maximum absolute atomic E-state index is 5.92. The smallest absolute Gasteiger partial charge is 0.339 e. The van der Waals surface area contributed by atoms with Gasteiger partial charge in [-0.1, -0.05) is 24.3 Å². The van der Waals surface area contributed by atoms with Gasteiger partial charge in [-0.05, 0) is 57.6 Å². The van der Waals surface area contributed by atoms with E-state index < -0.39 is 16.9 Å². The lowest BCUT2D eigenvalue weighted by atomic mass is 10.2. The lowest BCUT2D eigenvalue weighted by molar-refractivity contribution is 0.188. The van der Waals surface area contributed by atoms with Crippen molar-refractivity contribution in [3.05, 3.63) is 35.4 Å². The Morgan fingerprint density at radius 1 is 0.682 bits per heavy atom. The molecule has 0 aliphatic carbocycles. The van der Waals surface area contributed by atoms with Gasteiger partial charge in [-0.2, -0.15) is 0 Å². The fourth-order valence-electron chi connectivity index (χ4n) is 2.83. The van der Waals surface area contributed by atoms with E-state index in [4.69, 9.17) is 13.3 Å². The molecular weight excluding hydrogens is 308 g/mol. The van der Waals surface area contributed by atoms with Crippen LogP contribution in [-0.2, 0) is 25.4 Å². The van der Waals surface area contributed by atoms with Gasteiger partial charge in [0.15, 0.2) is 8.32 Å². The van der Waals surface area contributed by atoms with Crippen molar-refractivity contribution < 1.29 is 13.3 Å². The second-order valence-corrected chi connectivity index (χ2v) is 13.7. The van der Waals surface area contributed by atoms with Gasteiger partial charge in [0, 0.05) is 25.9 Å². The SMILES string of the molecule is CCO[Si](C)(C)Cc1ccc(C[Si](C)(OCC)OCC)cc1. The van der Waals surface area contributed by atoms with Gasteiger partial charge in [0.25, 0.3) is 0 Å². The van der Waals surface area contributed by atoms with E-state index >= 15 is 0 Å². The third-order valence-electron chi connectivity index (χ3n) is 3.61. The lowest BCUT2D eigenvalue weighted by Crippen LogP contribution is -2.41. The first kappa shape index (κ1) is 19.6. The summed E-state index contributed by atoms with van der Waals surface area (Å²) < 4.78 is 17.8. The first-order chi connectivity index (χ1) is 10.3. The Bertz CT molecular complexity index is 426. The van der Waals surface area contributed by atoms with E-state index in [1.165, 1.54) is 11.1 Å².